The highest BCUT2D eigenvalue weighted by Gasteiger charge is 2.42. The van der Waals surface area contributed by atoms with Crippen LogP contribution in [0.1, 0.15) is 44.7 Å². The maximum absolute atomic E-state index is 13.4. The van der Waals surface area contributed by atoms with Crippen molar-refractivity contribution in [2.75, 3.05) is 19.6 Å². The summed E-state index contributed by atoms with van der Waals surface area (Å²) in [6, 6.07) is 16.3. The van der Waals surface area contributed by atoms with Crippen molar-refractivity contribution in [3.63, 3.8) is 0 Å². The first-order valence-electron chi connectivity index (χ1n) is 11.2. The first-order valence-corrected chi connectivity index (χ1v) is 11.2. The van der Waals surface area contributed by atoms with Crippen molar-refractivity contribution >= 4 is 12.0 Å². The summed E-state index contributed by atoms with van der Waals surface area (Å²) in [5.74, 6) is -0.309. The van der Waals surface area contributed by atoms with Gasteiger partial charge in [0.25, 0.3) is 0 Å². The van der Waals surface area contributed by atoms with E-state index in [1.165, 1.54) is 17.7 Å². The minimum Gasteiger partial charge on any atom is -0.444 e. The van der Waals surface area contributed by atoms with Crippen molar-refractivity contribution in [1.29, 1.82) is 0 Å². The van der Waals surface area contributed by atoms with Gasteiger partial charge in [0.05, 0.1) is 5.41 Å². The van der Waals surface area contributed by atoms with Gasteiger partial charge in [-0.1, -0.05) is 42.5 Å². The van der Waals surface area contributed by atoms with Crippen LogP contribution in [0.25, 0.3) is 0 Å². The summed E-state index contributed by atoms with van der Waals surface area (Å²) in [6.45, 7) is 6.96. The van der Waals surface area contributed by atoms with E-state index in [9.17, 15) is 14.0 Å². The van der Waals surface area contributed by atoms with Crippen LogP contribution in [0.3, 0.4) is 0 Å². The summed E-state index contributed by atoms with van der Waals surface area (Å²) >= 11 is 0. The molecule has 1 saturated heterocycles. The molecule has 2 amide bonds. The van der Waals surface area contributed by atoms with Crippen LogP contribution >= 0.6 is 0 Å². The third kappa shape index (κ3) is 6.55. The van der Waals surface area contributed by atoms with Crippen LogP contribution in [0, 0.1) is 11.2 Å². The van der Waals surface area contributed by atoms with Crippen LogP contribution in [0.4, 0.5) is 9.18 Å². The second-order valence-electron chi connectivity index (χ2n) is 9.54. The molecular formula is C26H33FN2O3. The molecule has 0 bridgehead atoms. The molecule has 2 aromatic rings. The number of hydrogen-bond donors (Lipinski definition) is 1. The lowest BCUT2D eigenvalue weighted by atomic mass is 9.73. The summed E-state index contributed by atoms with van der Waals surface area (Å²) in [4.78, 5) is 27.5. The second kappa shape index (κ2) is 10.2. The number of amides is 2. The number of ether oxygens (including phenoxy) is 1. The Bertz CT molecular complexity index is 899. The molecule has 172 valence electrons. The average molecular weight is 441 g/mol. The number of halogens is 1. The zero-order valence-electron chi connectivity index (χ0n) is 19.2. The molecule has 0 radical (unpaired) electrons. The number of benzene rings is 2. The topological polar surface area (TPSA) is 58.6 Å². The molecule has 0 aromatic heterocycles. The molecule has 3 rings (SSSR count). The standard InChI is InChI=1S/C26H33FN2O3/c1-25(2,3)32-24(31)29-17-14-26(15-18-29,19-21-9-11-22(27)12-10-21)23(30)28-16-13-20-7-5-4-6-8-20/h4-12H,13-19H2,1-3H3,(H,28,30). The number of hydrogen-bond acceptors (Lipinski definition) is 3. The molecule has 0 atom stereocenters. The number of carbonyl (C=O) groups is 2. The van der Waals surface area contributed by atoms with Gasteiger partial charge in [0.2, 0.25) is 5.91 Å². The fourth-order valence-corrected chi connectivity index (χ4v) is 4.07. The molecule has 6 heteroatoms. The second-order valence-corrected chi connectivity index (χ2v) is 9.54. The van der Waals surface area contributed by atoms with Gasteiger partial charge in [0.15, 0.2) is 0 Å². The number of nitrogens with zero attached hydrogens (tertiary/aromatic N) is 1. The Morgan fingerprint density at radius 3 is 2.22 bits per heavy atom. The zero-order chi connectivity index (χ0) is 23.2. The Labute approximate surface area is 190 Å². The number of likely N-dealkylation sites (tertiary alicyclic amines) is 1. The molecule has 32 heavy (non-hydrogen) atoms. The van der Waals surface area contributed by atoms with Crippen LogP contribution in [-0.2, 0) is 22.4 Å². The summed E-state index contributed by atoms with van der Waals surface area (Å²) in [6.07, 6.45) is 1.97. The first-order chi connectivity index (χ1) is 15.2. The SMILES string of the molecule is CC(C)(C)OC(=O)N1CCC(Cc2ccc(F)cc2)(C(=O)NCCc2ccccc2)CC1. The Balaban J connectivity index is 1.68. The minimum absolute atomic E-state index is 0.0124. The van der Waals surface area contributed by atoms with E-state index in [-0.39, 0.29) is 17.8 Å². The lowest BCUT2D eigenvalue weighted by Gasteiger charge is -2.41. The van der Waals surface area contributed by atoms with Crippen molar-refractivity contribution in [1.82, 2.24) is 10.2 Å². The Morgan fingerprint density at radius 2 is 1.62 bits per heavy atom. The largest absolute Gasteiger partial charge is 0.444 e. The van der Waals surface area contributed by atoms with Gasteiger partial charge in [-0.25, -0.2) is 9.18 Å². The molecule has 0 aliphatic carbocycles. The average Bonchev–Trinajstić information content (AvgIpc) is 2.75. The molecule has 0 unspecified atom stereocenters. The van der Waals surface area contributed by atoms with Crippen LogP contribution < -0.4 is 5.32 Å². The first kappa shape index (κ1) is 23.8. The van der Waals surface area contributed by atoms with E-state index >= 15 is 0 Å². The zero-order valence-corrected chi connectivity index (χ0v) is 19.2. The van der Waals surface area contributed by atoms with Gasteiger partial charge >= 0.3 is 6.09 Å². The summed E-state index contributed by atoms with van der Waals surface area (Å²) in [5.41, 5.74) is 0.872. The highest BCUT2D eigenvalue weighted by atomic mass is 19.1. The number of nitrogens with one attached hydrogen (secondary N) is 1. The van der Waals surface area contributed by atoms with Gasteiger partial charge in [0.1, 0.15) is 11.4 Å². The minimum atomic E-state index is -0.646. The third-order valence-electron chi connectivity index (χ3n) is 5.85. The number of piperidine rings is 1. The highest BCUT2D eigenvalue weighted by molar-refractivity contribution is 5.83. The van der Waals surface area contributed by atoms with Crippen molar-refractivity contribution in [2.45, 2.75) is 52.1 Å². The van der Waals surface area contributed by atoms with E-state index in [0.29, 0.717) is 38.9 Å². The quantitative estimate of drug-likeness (QED) is 0.706. The summed E-state index contributed by atoms with van der Waals surface area (Å²) in [7, 11) is 0. The molecule has 1 aliphatic heterocycles. The monoisotopic (exact) mass is 440 g/mol. The number of carbonyl (C=O) groups excluding carboxylic acids is 2. The molecule has 1 aliphatic rings. The Kier molecular flexibility index (Phi) is 7.54. The van der Waals surface area contributed by atoms with Crippen molar-refractivity contribution in [2.24, 2.45) is 5.41 Å². The van der Waals surface area contributed by atoms with E-state index in [0.717, 1.165) is 12.0 Å². The molecule has 5 nitrogen and oxygen atoms in total. The van der Waals surface area contributed by atoms with Crippen molar-refractivity contribution in [3.8, 4) is 0 Å². The molecule has 0 spiro atoms. The van der Waals surface area contributed by atoms with Gasteiger partial charge in [0, 0.05) is 19.6 Å². The Morgan fingerprint density at radius 1 is 1.00 bits per heavy atom. The van der Waals surface area contributed by atoms with Gasteiger partial charge in [-0.2, -0.15) is 0 Å². The lowest BCUT2D eigenvalue weighted by Crippen LogP contribution is -2.52. The van der Waals surface area contributed by atoms with E-state index in [1.807, 2.05) is 51.1 Å². The van der Waals surface area contributed by atoms with E-state index in [4.69, 9.17) is 4.74 Å². The van der Waals surface area contributed by atoms with Gasteiger partial charge in [-0.05, 0) is 69.7 Å². The summed E-state index contributed by atoms with van der Waals surface area (Å²) in [5, 5.41) is 3.11. The van der Waals surface area contributed by atoms with Gasteiger partial charge in [-0.3, -0.25) is 4.79 Å². The van der Waals surface area contributed by atoms with E-state index in [1.54, 1.807) is 17.0 Å². The van der Waals surface area contributed by atoms with Crippen LogP contribution in [0.5, 0.6) is 0 Å². The summed E-state index contributed by atoms with van der Waals surface area (Å²) < 4.78 is 18.9. The number of rotatable bonds is 6. The highest BCUT2D eigenvalue weighted by Crippen LogP contribution is 2.36. The third-order valence-corrected chi connectivity index (χ3v) is 5.85. The Hall–Kier alpha value is -2.89. The molecule has 0 saturated carbocycles. The maximum atomic E-state index is 13.4. The predicted octanol–water partition coefficient (Wildman–Crippen LogP) is 4.74. The molecule has 1 N–H and O–H groups in total. The van der Waals surface area contributed by atoms with Crippen LogP contribution in [0.15, 0.2) is 54.6 Å². The smallest absolute Gasteiger partial charge is 0.410 e. The fourth-order valence-electron chi connectivity index (χ4n) is 4.07. The molecular weight excluding hydrogens is 407 g/mol. The van der Waals surface area contributed by atoms with E-state index < -0.39 is 11.0 Å². The maximum Gasteiger partial charge on any atom is 0.410 e. The molecule has 1 heterocycles. The van der Waals surface area contributed by atoms with Crippen LogP contribution in [-0.4, -0.2) is 42.1 Å². The normalized spacial score (nSPS) is 15.8. The van der Waals surface area contributed by atoms with Crippen molar-refractivity contribution in [3.05, 3.63) is 71.5 Å². The molecule has 1 fully saturated rings. The predicted molar refractivity (Wildman–Crippen MR) is 123 cm³/mol. The molecule has 2 aromatic carbocycles. The van der Waals surface area contributed by atoms with Gasteiger partial charge in [-0.15, -0.1) is 0 Å². The van der Waals surface area contributed by atoms with E-state index in [2.05, 4.69) is 5.32 Å². The van der Waals surface area contributed by atoms with Crippen molar-refractivity contribution < 1.29 is 18.7 Å². The van der Waals surface area contributed by atoms with Gasteiger partial charge < -0.3 is 15.0 Å². The lowest BCUT2D eigenvalue weighted by molar-refractivity contribution is -0.134. The fraction of sp³-hybridized carbons (Fsp3) is 0.462. The van der Waals surface area contributed by atoms with Crippen LogP contribution in [0.2, 0.25) is 0 Å².